The largest absolute Gasteiger partial charge is 0.397 e. The number of halogens is 1. The highest BCUT2D eigenvalue weighted by molar-refractivity contribution is 6.04. The zero-order chi connectivity index (χ0) is 15.6. The van der Waals surface area contributed by atoms with E-state index in [9.17, 15) is 9.18 Å². The summed E-state index contributed by atoms with van der Waals surface area (Å²) < 4.78 is 14.8. The summed E-state index contributed by atoms with van der Waals surface area (Å²) in [5.41, 5.74) is 6.92. The zero-order valence-electron chi connectivity index (χ0n) is 11.7. The SMILES string of the molecule is CC(C)n1cc(N)cc1C(=O)Nc1ccc(F)cc1C#N. The van der Waals surface area contributed by atoms with E-state index in [4.69, 9.17) is 11.0 Å². The number of rotatable bonds is 3. The molecule has 6 heteroatoms. The summed E-state index contributed by atoms with van der Waals surface area (Å²) in [7, 11) is 0. The summed E-state index contributed by atoms with van der Waals surface area (Å²) >= 11 is 0. The molecule has 1 heterocycles. The van der Waals surface area contributed by atoms with Gasteiger partial charge in [0.25, 0.3) is 5.91 Å². The molecule has 0 radical (unpaired) electrons. The fourth-order valence-electron chi connectivity index (χ4n) is 2.01. The first-order valence-corrected chi connectivity index (χ1v) is 6.40. The van der Waals surface area contributed by atoms with Crippen molar-refractivity contribution >= 4 is 17.3 Å². The van der Waals surface area contributed by atoms with Crippen LogP contribution in [0.15, 0.2) is 30.5 Å². The molecule has 0 aliphatic carbocycles. The van der Waals surface area contributed by atoms with E-state index >= 15 is 0 Å². The molecule has 0 saturated carbocycles. The van der Waals surface area contributed by atoms with Gasteiger partial charge in [-0.25, -0.2) is 4.39 Å². The minimum atomic E-state index is -0.528. The molecule has 0 saturated heterocycles. The highest BCUT2D eigenvalue weighted by Crippen LogP contribution is 2.20. The predicted molar refractivity (Wildman–Crippen MR) is 78.3 cm³/mol. The Kier molecular flexibility index (Phi) is 3.94. The molecule has 3 N–H and O–H groups in total. The fraction of sp³-hybridized carbons (Fsp3) is 0.200. The van der Waals surface area contributed by atoms with Crippen LogP contribution >= 0.6 is 0 Å². The van der Waals surface area contributed by atoms with Crippen LogP contribution in [0.5, 0.6) is 0 Å². The summed E-state index contributed by atoms with van der Waals surface area (Å²) in [6.45, 7) is 3.85. The predicted octanol–water partition coefficient (Wildman–Crippen LogP) is 2.91. The molecular formula is C15H15FN4O. The molecule has 2 aromatic rings. The third-order valence-electron chi connectivity index (χ3n) is 3.01. The van der Waals surface area contributed by atoms with Gasteiger partial charge in [-0.05, 0) is 38.1 Å². The van der Waals surface area contributed by atoms with Crippen LogP contribution in [-0.2, 0) is 0 Å². The Balaban J connectivity index is 2.33. The minimum Gasteiger partial charge on any atom is -0.397 e. The lowest BCUT2D eigenvalue weighted by atomic mass is 10.2. The summed E-state index contributed by atoms with van der Waals surface area (Å²) in [4.78, 5) is 12.3. The van der Waals surface area contributed by atoms with Gasteiger partial charge in [0.05, 0.1) is 16.9 Å². The van der Waals surface area contributed by atoms with Crippen molar-refractivity contribution in [2.75, 3.05) is 11.1 Å². The topological polar surface area (TPSA) is 83.8 Å². The molecule has 0 aliphatic heterocycles. The second kappa shape index (κ2) is 5.67. The van der Waals surface area contributed by atoms with Crippen molar-refractivity contribution in [2.45, 2.75) is 19.9 Å². The minimum absolute atomic E-state index is 0.0618. The van der Waals surface area contributed by atoms with Crippen LogP contribution in [0.25, 0.3) is 0 Å². The first-order chi connectivity index (χ1) is 9.92. The smallest absolute Gasteiger partial charge is 0.272 e. The second-order valence-electron chi connectivity index (χ2n) is 4.92. The molecular weight excluding hydrogens is 271 g/mol. The van der Waals surface area contributed by atoms with Gasteiger partial charge in [-0.3, -0.25) is 4.79 Å². The van der Waals surface area contributed by atoms with Crippen LogP contribution in [0, 0.1) is 17.1 Å². The van der Waals surface area contributed by atoms with Crippen LogP contribution in [0.2, 0.25) is 0 Å². The number of anilines is 2. The van der Waals surface area contributed by atoms with Gasteiger partial charge in [-0.15, -0.1) is 0 Å². The average molecular weight is 286 g/mol. The number of benzene rings is 1. The van der Waals surface area contributed by atoms with Crippen LogP contribution in [-0.4, -0.2) is 10.5 Å². The van der Waals surface area contributed by atoms with E-state index in [0.29, 0.717) is 11.4 Å². The van der Waals surface area contributed by atoms with E-state index in [2.05, 4.69) is 5.32 Å². The van der Waals surface area contributed by atoms with E-state index in [0.717, 1.165) is 6.07 Å². The van der Waals surface area contributed by atoms with Crippen molar-refractivity contribution in [3.05, 3.63) is 47.5 Å². The number of nitrogens with two attached hydrogens (primary N) is 1. The molecule has 2 rings (SSSR count). The van der Waals surface area contributed by atoms with Crippen molar-refractivity contribution in [2.24, 2.45) is 0 Å². The Labute approximate surface area is 121 Å². The maximum Gasteiger partial charge on any atom is 0.272 e. The molecule has 0 spiro atoms. The Hall–Kier alpha value is -2.81. The molecule has 0 fully saturated rings. The number of nitrogens with zero attached hydrogens (tertiary/aromatic N) is 2. The van der Waals surface area contributed by atoms with Crippen LogP contribution in [0.1, 0.15) is 35.9 Å². The molecule has 21 heavy (non-hydrogen) atoms. The van der Waals surface area contributed by atoms with Gasteiger partial charge in [0.2, 0.25) is 0 Å². The number of hydrogen-bond donors (Lipinski definition) is 2. The Bertz CT molecular complexity index is 728. The van der Waals surface area contributed by atoms with Crippen LogP contribution in [0.4, 0.5) is 15.8 Å². The number of hydrogen-bond acceptors (Lipinski definition) is 3. The lowest BCUT2D eigenvalue weighted by Crippen LogP contribution is -2.18. The maximum atomic E-state index is 13.1. The number of amides is 1. The Morgan fingerprint density at radius 1 is 1.43 bits per heavy atom. The summed E-state index contributed by atoms with van der Waals surface area (Å²) in [5, 5.41) is 11.6. The number of nitrogens with one attached hydrogen (secondary N) is 1. The molecule has 5 nitrogen and oxygen atoms in total. The lowest BCUT2D eigenvalue weighted by Gasteiger charge is -2.13. The number of nitriles is 1. The number of nitrogen functional groups attached to an aromatic ring is 1. The molecule has 1 aromatic carbocycles. The molecule has 0 unspecified atom stereocenters. The van der Waals surface area contributed by atoms with Gasteiger partial charge in [-0.2, -0.15) is 5.26 Å². The molecule has 1 aromatic heterocycles. The summed E-state index contributed by atoms with van der Waals surface area (Å²) in [6, 6.07) is 7.09. The summed E-state index contributed by atoms with van der Waals surface area (Å²) in [5.74, 6) is -0.928. The van der Waals surface area contributed by atoms with Crippen LogP contribution < -0.4 is 11.1 Å². The number of carbonyl (C=O) groups excluding carboxylic acids is 1. The van der Waals surface area contributed by atoms with E-state index in [1.165, 1.54) is 12.1 Å². The monoisotopic (exact) mass is 286 g/mol. The number of aromatic nitrogens is 1. The molecule has 108 valence electrons. The van der Waals surface area contributed by atoms with Crippen molar-refractivity contribution in [3.63, 3.8) is 0 Å². The van der Waals surface area contributed by atoms with Crippen molar-refractivity contribution in [1.82, 2.24) is 4.57 Å². The van der Waals surface area contributed by atoms with Gasteiger partial charge in [0.15, 0.2) is 0 Å². The highest BCUT2D eigenvalue weighted by Gasteiger charge is 2.16. The maximum absolute atomic E-state index is 13.1. The van der Waals surface area contributed by atoms with Gasteiger partial charge in [0.1, 0.15) is 17.6 Å². The van der Waals surface area contributed by atoms with E-state index < -0.39 is 11.7 Å². The zero-order valence-corrected chi connectivity index (χ0v) is 11.7. The van der Waals surface area contributed by atoms with Gasteiger partial charge >= 0.3 is 0 Å². The van der Waals surface area contributed by atoms with E-state index in [-0.39, 0.29) is 17.3 Å². The summed E-state index contributed by atoms with van der Waals surface area (Å²) in [6.07, 6.45) is 1.68. The first kappa shape index (κ1) is 14.6. The van der Waals surface area contributed by atoms with Gasteiger partial charge in [0, 0.05) is 12.2 Å². The van der Waals surface area contributed by atoms with E-state index in [1.807, 2.05) is 19.9 Å². The molecule has 0 bridgehead atoms. The van der Waals surface area contributed by atoms with Crippen molar-refractivity contribution in [3.8, 4) is 6.07 Å². The van der Waals surface area contributed by atoms with Gasteiger partial charge < -0.3 is 15.6 Å². The standard InChI is InChI=1S/C15H15FN4O/c1-9(2)20-8-12(18)6-14(20)15(21)19-13-4-3-11(16)5-10(13)7-17/h3-6,8-9H,18H2,1-2H3,(H,19,21). The molecule has 1 amide bonds. The van der Waals surface area contributed by atoms with E-state index in [1.54, 1.807) is 16.8 Å². The van der Waals surface area contributed by atoms with Crippen molar-refractivity contribution in [1.29, 1.82) is 5.26 Å². The van der Waals surface area contributed by atoms with Gasteiger partial charge in [-0.1, -0.05) is 0 Å². The van der Waals surface area contributed by atoms with Crippen molar-refractivity contribution < 1.29 is 9.18 Å². The molecule has 0 atom stereocenters. The lowest BCUT2D eigenvalue weighted by molar-refractivity contribution is 0.101. The van der Waals surface area contributed by atoms with Crippen LogP contribution in [0.3, 0.4) is 0 Å². The quantitative estimate of drug-likeness (QED) is 0.909. The average Bonchev–Trinajstić information content (AvgIpc) is 2.83. The fourth-order valence-corrected chi connectivity index (χ4v) is 2.01. The normalized spacial score (nSPS) is 10.4. The first-order valence-electron chi connectivity index (χ1n) is 6.40. The third kappa shape index (κ3) is 3.03. The highest BCUT2D eigenvalue weighted by atomic mass is 19.1. The molecule has 0 aliphatic rings. The number of carbonyl (C=O) groups is 1. The second-order valence-corrected chi connectivity index (χ2v) is 4.92. The Morgan fingerprint density at radius 3 is 2.76 bits per heavy atom. The Morgan fingerprint density at radius 2 is 2.14 bits per heavy atom. The third-order valence-corrected chi connectivity index (χ3v) is 3.01.